The van der Waals surface area contributed by atoms with Crippen molar-refractivity contribution in [1.82, 2.24) is 4.72 Å². The third kappa shape index (κ3) is 5.48. The van der Waals surface area contributed by atoms with Gasteiger partial charge in [0, 0.05) is 41.7 Å². The lowest BCUT2D eigenvalue weighted by Gasteiger charge is -2.16. The standard InChI is InChI=1S/C19H21ClN2O3S2/c20-16-4-1-3-15(13-16)14-26-12-10-21-27(24,25)18-8-6-17(7-9-18)22-11-2-5-19(22)23/h1,3-4,6-9,13,21H,2,5,10-12,14H2. The van der Waals surface area contributed by atoms with E-state index in [1.807, 2.05) is 24.3 Å². The van der Waals surface area contributed by atoms with E-state index in [1.165, 1.54) is 0 Å². The Morgan fingerprint density at radius 1 is 1.15 bits per heavy atom. The molecule has 27 heavy (non-hydrogen) atoms. The molecule has 1 amide bonds. The number of nitrogens with zero attached hydrogens (tertiary/aromatic N) is 1. The molecule has 1 aliphatic rings. The Bertz CT molecular complexity index is 901. The maximum absolute atomic E-state index is 12.4. The molecule has 2 aromatic carbocycles. The van der Waals surface area contributed by atoms with Crippen LogP contribution in [-0.4, -0.2) is 33.2 Å². The number of halogens is 1. The minimum absolute atomic E-state index is 0.0838. The van der Waals surface area contributed by atoms with Gasteiger partial charge >= 0.3 is 0 Å². The highest BCUT2D eigenvalue weighted by Gasteiger charge is 2.22. The molecule has 8 heteroatoms. The zero-order valence-electron chi connectivity index (χ0n) is 14.7. The fourth-order valence-corrected chi connectivity index (χ4v) is 5.05. The van der Waals surface area contributed by atoms with Gasteiger partial charge in [0.1, 0.15) is 0 Å². The molecule has 3 rings (SSSR count). The number of nitrogens with one attached hydrogen (secondary N) is 1. The van der Waals surface area contributed by atoms with Crippen LogP contribution in [0.3, 0.4) is 0 Å². The maximum atomic E-state index is 12.4. The molecule has 2 aromatic rings. The van der Waals surface area contributed by atoms with E-state index in [9.17, 15) is 13.2 Å². The van der Waals surface area contributed by atoms with Crippen molar-refractivity contribution in [2.75, 3.05) is 23.7 Å². The monoisotopic (exact) mass is 424 g/mol. The molecule has 0 atom stereocenters. The second kappa shape index (κ2) is 9.10. The number of thioether (sulfide) groups is 1. The molecule has 0 unspecified atom stereocenters. The van der Waals surface area contributed by atoms with Crippen LogP contribution in [0, 0.1) is 0 Å². The van der Waals surface area contributed by atoms with Gasteiger partial charge in [0.25, 0.3) is 0 Å². The smallest absolute Gasteiger partial charge is 0.240 e. The number of rotatable bonds is 8. The molecule has 1 N–H and O–H groups in total. The van der Waals surface area contributed by atoms with E-state index in [0.717, 1.165) is 23.4 Å². The lowest BCUT2D eigenvalue weighted by molar-refractivity contribution is -0.117. The third-order valence-electron chi connectivity index (χ3n) is 4.23. The van der Waals surface area contributed by atoms with Gasteiger partial charge in [-0.05, 0) is 48.4 Å². The zero-order chi connectivity index (χ0) is 19.3. The van der Waals surface area contributed by atoms with E-state index in [2.05, 4.69) is 4.72 Å². The van der Waals surface area contributed by atoms with E-state index in [4.69, 9.17) is 11.6 Å². The summed E-state index contributed by atoms with van der Waals surface area (Å²) in [5, 5.41) is 0.702. The predicted molar refractivity (Wildman–Crippen MR) is 111 cm³/mol. The SMILES string of the molecule is O=C1CCCN1c1ccc(S(=O)(=O)NCCSCc2cccc(Cl)c2)cc1. The van der Waals surface area contributed by atoms with Crippen molar-refractivity contribution in [2.45, 2.75) is 23.5 Å². The van der Waals surface area contributed by atoms with Gasteiger partial charge in [-0.3, -0.25) is 4.79 Å². The highest BCUT2D eigenvalue weighted by molar-refractivity contribution is 7.98. The Morgan fingerprint density at radius 3 is 2.59 bits per heavy atom. The largest absolute Gasteiger partial charge is 0.312 e. The van der Waals surface area contributed by atoms with Crippen LogP contribution >= 0.6 is 23.4 Å². The topological polar surface area (TPSA) is 66.5 Å². The number of hydrogen-bond acceptors (Lipinski definition) is 4. The summed E-state index contributed by atoms with van der Waals surface area (Å²) in [7, 11) is -3.55. The quantitative estimate of drug-likeness (QED) is 0.656. The Balaban J connectivity index is 1.48. The van der Waals surface area contributed by atoms with Crippen LogP contribution in [0.25, 0.3) is 0 Å². The number of carbonyl (C=O) groups is 1. The van der Waals surface area contributed by atoms with Crippen molar-refractivity contribution in [3.63, 3.8) is 0 Å². The van der Waals surface area contributed by atoms with Crippen molar-refractivity contribution >= 4 is 45.0 Å². The Hall–Kier alpha value is -1.54. The second-order valence-electron chi connectivity index (χ2n) is 6.22. The molecule has 1 aliphatic heterocycles. The van der Waals surface area contributed by atoms with Crippen molar-refractivity contribution in [3.05, 3.63) is 59.1 Å². The Labute approximate surface area is 169 Å². The fourth-order valence-electron chi connectivity index (χ4n) is 2.87. The molecule has 0 spiro atoms. The van der Waals surface area contributed by atoms with Crippen LogP contribution in [-0.2, 0) is 20.6 Å². The first-order valence-electron chi connectivity index (χ1n) is 8.68. The molecular weight excluding hydrogens is 404 g/mol. The summed E-state index contributed by atoms with van der Waals surface area (Å²) in [6.45, 7) is 1.03. The van der Waals surface area contributed by atoms with E-state index in [-0.39, 0.29) is 10.8 Å². The van der Waals surface area contributed by atoms with Crippen molar-refractivity contribution < 1.29 is 13.2 Å². The maximum Gasteiger partial charge on any atom is 0.240 e. The van der Waals surface area contributed by atoms with Gasteiger partial charge in [-0.15, -0.1) is 0 Å². The molecular formula is C19H21ClN2O3S2. The molecule has 144 valence electrons. The van der Waals surface area contributed by atoms with Crippen LogP contribution in [0.4, 0.5) is 5.69 Å². The molecule has 5 nitrogen and oxygen atoms in total. The predicted octanol–water partition coefficient (Wildman–Crippen LogP) is 3.68. The average molecular weight is 425 g/mol. The molecule has 0 aromatic heterocycles. The molecule has 1 saturated heterocycles. The zero-order valence-corrected chi connectivity index (χ0v) is 17.1. The number of amides is 1. The van der Waals surface area contributed by atoms with E-state index < -0.39 is 10.0 Å². The molecule has 1 fully saturated rings. The summed E-state index contributed by atoms with van der Waals surface area (Å²) in [5.74, 6) is 1.52. The van der Waals surface area contributed by atoms with Crippen molar-refractivity contribution in [2.24, 2.45) is 0 Å². The highest BCUT2D eigenvalue weighted by Crippen LogP contribution is 2.23. The summed E-state index contributed by atoms with van der Waals surface area (Å²) in [6.07, 6.45) is 1.39. The first kappa shape index (κ1) is 20.2. The summed E-state index contributed by atoms with van der Waals surface area (Å²) in [6, 6.07) is 14.1. The number of benzene rings is 2. The van der Waals surface area contributed by atoms with Crippen LogP contribution < -0.4 is 9.62 Å². The number of carbonyl (C=O) groups excluding carboxylic acids is 1. The minimum atomic E-state index is -3.55. The van der Waals surface area contributed by atoms with Crippen molar-refractivity contribution in [1.29, 1.82) is 0 Å². The first-order chi connectivity index (χ1) is 13.0. The number of anilines is 1. The lowest BCUT2D eigenvalue weighted by atomic mass is 10.2. The van der Waals surface area contributed by atoms with Gasteiger partial charge in [-0.2, -0.15) is 11.8 Å². The van der Waals surface area contributed by atoms with E-state index >= 15 is 0 Å². The highest BCUT2D eigenvalue weighted by atomic mass is 35.5. The van der Waals surface area contributed by atoms with Crippen LogP contribution in [0.2, 0.25) is 5.02 Å². The molecule has 1 heterocycles. The van der Waals surface area contributed by atoms with Crippen LogP contribution in [0.5, 0.6) is 0 Å². The minimum Gasteiger partial charge on any atom is -0.312 e. The molecule has 0 radical (unpaired) electrons. The number of hydrogen-bond donors (Lipinski definition) is 1. The van der Waals surface area contributed by atoms with Gasteiger partial charge in [0.15, 0.2) is 0 Å². The Kier molecular flexibility index (Phi) is 6.81. The number of sulfonamides is 1. The average Bonchev–Trinajstić information content (AvgIpc) is 3.07. The molecule has 0 bridgehead atoms. The van der Waals surface area contributed by atoms with E-state index in [1.54, 1.807) is 40.9 Å². The second-order valence-corrected chi connectivity index (χ2v) is 9.53. The summed E-state index contributed by atoms with van der Waals surface area (Å²) >= 11 is 7.59. The van der Waals surface area contributed by atoms with Gasteiger partial charge < -0.3 is 4.90 Å². The summed E-state index contributed by atoms with van der Waals surface area (Å²) in [4.78, 5) is 13.7. The van der Waals surface area contributed by atoms with Crippen LogP contribution in [0.15, 0.2) is 53.4 Å². The molecule has 0 saturated carbocycles. The summed E-state index contributed by atoms with van der Waals surface area (Å²) < 4.78 is 27.4. The van der Waals surface area contributed by atoms with Crippen LogP contribution in [0.1, 0.15) is 18.4 Å². The lowest BCUT2D eigenvalue weighted by Crippen LogP contribution is -2.26. The normalized spacial score (nSPS) is 14.7. The first-order valence-corrected chi connectivity index (χ1v) is 11.7. The summed E-state index contributed by atoms with van der Waals surface area (Å²) in [5.41, 5.74) is 1.86. The fraction of sp³-hybridized carbons (Fsp3) is 0.316. The van der Waals surface area contributed by atoms with Gasteiger partial charge in [0.2, 0.25) is 15.9 Å². The Morgan fingerprint density at radius 2 is 1.93 bits per heavy atom. The molecule has 0 aliphatic carbocycles. The van der Waals surface area contributed by atoms with E-state index in [0.29, 0.717) is 30.3 Å². The van der Waals surface area contributed by atoms with Gasteiger partial charge in [-0.25, -0.2) is 13.1 Å². The van der Waals surface area contributed by atoms with Gasteiger partial charge in [0.05, 0.1) is 4.90 Å². The third-order valence-corrected chi connectivity index (χ3v) is 6.97. The van der Waals surface area contributed by atoms with Gasteiger partial charge in [-0.1, -0.05) is 23.7 Å². The van der Waals surface area contributed by atoms with Crippen molar-refractivity contribution in [3.8, 4) is 0 Å².